The molecule has 1 aromatic carbocycles. The smallest absolute Gasteiger partial charge is 0.307 e. The van der Waals surface area contributed by atoms with E-state index in [2.05, 4.69) is 5.32 Å². The number of rotatable bonds is 3. The highest BCUT2D eigenvalue weighted by molar-refractivity contribution is 5.86. The van der Waals surface area contributed by atoms with E-state index in [0.717, 1.165) is 6.42 Å². The normalized spacial score (nSPS) is 26.9. The zero-order chi connectivity index (χ0) is 15.7. The summed E-state index contributed by atoms with van der Waals surface area (Å²) in [6, 6.07) is 3.94. The molecule has 3 rings (SSSR count). The van der Waals surface area contributed by atoms with Gasteiger partial charge >= 0.3 is 5.97 Å². The first-order chi connectivity index (χ1) is 10.6. The summed E-state index contributed by atoms with van der Waals surface area (Å²) >= 11 is 0. The van der Waals surface area contributed by atoms with Crippen molar-refractivity contribution in [3.05, 3.63) is 29.6 Å². The molecule has 3 atom stereocenters. The molecule has 1 aromatic rings. The number of benzene rings is 1. The van der Waals surface area contributed by atoms with Crippen LogP contribution in [-0.4, -0.2) is 23.6 Å². The molecule has 5 nitrogen and oxygen atoms in total. The molecule has 1 fully saturated rings. The average Bonchev–Trinajstić information content (AvgIpc) is 2.59. The number of amides is 1. The van der Waals surface area contributed by atoms with Crippen LogP contribution in [-0.2, 0) is 9.59 Å². The van der Waals surface area contributed by atoms with Crippen molar-refractivity contribution in [2.75, 3.05) is 6.61 Å². The third kappa shape index (κ3) is 2.77. The number of carboxylic acid groups (broad SMARTS) is 1. The summed E-state index contributed by atoms with van der Waals surface area (Å²) in [5.74, 6) is -2.08. The Labute approximate surface area is 127 Å². The first-order valence-corrected chi connectivity index (χ1v) is 7.51. The maximum Gasteiger partial charge on any atom is 0.307 e. The molecule has 1 saturated carbocycles. The molecule has 6 heteroatoms. The van der Waals surface area contributed by atoms with E-state index in [4.69, 9.17) is 9.84 Å². The number of hydrogen-bond donors (Lipinski definition) is 2. The van der Waals surface area contributed by atoms with Gasteiger partial charge in [-0.1, -0.05) is 0 Å². The molecule has 2 N–H and O–H groups in total. The number of aliphatic carboxylic acids is 1. The minimum absolute atomic E-state index is 0.263. The molecule has 1 heterocycles. The molecule has 3 unspecified atom stereocenters. The molecule has 118 valence electrons. The fraction of sp³-hybridized carbons (Fsp3) is 0.500. The molecule has 0 bridgehead atoms. The summed E-state index contributed by atoms with van der Waals surface area (Å²) in [5, 5.41) is 11.9. The van der Waals surface area contributed by atoms with Crippen LogP contribution in [0.25, 0.3) is 0 Å². The standard InChI is InChI=1S/C16H18FNO4/c17-9-3-6-14-12(8-9)13(2-1-7-22-14)18-15(19)10-4-5-11(10)16(20)21/h3,6,8,10-11,13H,1-2,4-5,7H2,(H,18,19)(H,20,21). The maximum atomic E-state index is 13.5. The summed E-state index contributed by atoms with van der Waals surface area (Å²) in [5.41, 5.74) is 0.622. The van der Waals surface area contributed by atoms with Gasteiger partial charge < -0.3 is 15.2 Å². The largest absolute Gasteiger partial charge is 0.493 e. The van der Waals surface area contributed by atoms with Gasteiger partial charge in [-0.2, -0.15) is 0 Å². The van der Waals surface area contributed by atoms with Crippen molar-refractivity contribution in [1.82, 2.24) is 5.32 Å². The van der Waals surface area contributed by atoms with Crippen LogP contribution in [0.2, 0.25) is 0 Å². The van der Waals surface area contributed by atoms with E-state index in [-0.39, 0.29) is 17.8 Å². The molecule has 0 saturated heterocycles. The van der Waals surface area contributed by atoms with Crippen LogP contribution in [0.5, 0.6) is 5.75 Å². The molecule has 22 heavy (non-hydrogen) atoms. The van der Waals surface area contributed by atoms with Gasteiger partial charge in [-0.05, 0) is 43.9 Å². The highest BCUT2D eigenvalue weighted by Crippen LogP contribution is 2.37. The van der Waals surface area contributed by atoms with Gasteiger partial charge in [0.2, 0.25) is 5.91 Å². The number of carboxylic acids is 1. The fourth-order valence-corrected chi connectivity index (χ4v) is 3.09. The van der Waals surface area contributed by atoms with E-state index in [9.17, 15) is 14.0 Å². The van der Waals surface area contributed by atoms with Crippen LogP contribution in [0.15, 0.2) is 18.2 Å². The van der Waals surface area contributed by atoms with Gasteiger partial charge in [-0.25, -0.2) is 4.39 Å². The van der Waals surface area contributed by atoms with E-state index in [1.165, 1.54) is 12.1 Å². The second-order valence-electron chi connectivity index (χ2n) is 5.86. The molecule has 0 aromatic heterocycles. The van der Waals surface area contributed by atoms with Gasteiger partial charge in [0.15, 0.2) is 0 Å². The van der Waals surface area contributed by atoms with Gasteiger partial charge in [0.25, 0.3) is 0 Å². The summed E-state index contributed by atoms with van der Waals surface area (Å²) < 4.78 is 19.1. The van der Waals surface area contributed by atoms with Crippen molar-refractivity contribution in [2.45, 2.75) is 31.7 Å². The van der Waals surface area contributed by atoms with Gasteiger partial charge in [-0.15, -0.1) is 0 Å². The van der Waals surface area contributed by atoms with Crippen LogP contribution < -0.4 is 10.1 Å². The lowest BCUT2D eigenvalue weighted by Crippen LogP contribution is -2.45. The van der Waals surface area contributed by atoms with E-state index < -0.39 is 17.8 Å². The first-order valence-electron chi connectivity index (χ1n) is 7.51. The number of ether oxygens (including phenoxy) is 1. The summed E-state index contributed by atoms with van der Waals surface area (Å²) in [6.45, 7) is 0.520. The molecular formula is C16H18FNO4. The summed E-state index contributed by atoms with van der Waals surface area (Å²) in [7, 11) is 0. The second-order valence-corrected chi connectivity index (χ2v) is 5.86. The number of carbonyl (C=O) groups is 2. The third-order valence-electron chi connectivity index (χ3n) is 4.49. The molecule has 1 aliphatic carbocycles. The fourth-order valence-electron chi connectivity index (χ4n) is 3.09. The van der Waals surface area contributed by atoms with Crippen molar-refractivity contribution in [3.63, 3.8) is 0 Å². The van der Waals surface area contributed by atoms with Crippen molar-refractivity contribution >= 4 is 11.9 Å². The van der Waals surface area contributed by atoms with Crippen molar-refractivity contribution in [1.29, 1.82) is 0 Å². The van der Waals surface area contributed by atoms with E-state index in [0.29, 0.717) is 37.2 Å². The van der Waals surface area contributed by atoms with Crippen LogP contribution in [0.4, 0.5) is 4.39 Å². The predicted molar refractivity (Wildman–Crippen MR) is 75.9 cm³/mol. The highest BCUT2D eigenvalue weighted by Gasteiger charge is 2.42. The van der Waals surface area contributed by atoms with Gasteiger partial charge in [0.05, 0.1) is 24.5 Å². The molecule has 1 aliphatic heterocycles. The zero-order valence-electron chi connectivity index (χ0n) is 12.0. The Morgan fingerprint density at radius 3 is 2.68 bits per heavy atom. The number of hydrogen-bond acceptors (Lipinski definition) is 3. The SMILES string of the molecule is O=C(O)C1CCC1C(=O)NC1CCCOc2ccc(F)cc21. The Morgan fingerprint density at radius 2 is 2.00 bits per heavy atom. The van der Waals surface area contributed by atoms with Crippen molar-refractivity contribution in [2.24, 2.45) is 11.8 Å². The van der Waals surface area contributed by atoms with E-state index in [1.807, 2.05) is 0 Å². The van der Waals surface area contributed by atoms with Crippen LogP contribution in [0.1, 0.15) is 37.3 Å². The Balaban J connectivity index is 1.76. The van der Waals surface area contributed by atoms with Crippen LogP contribution >= 0.6 is 0 Å². The number of carbonyl (C=O) groups excluding carboxylic acids is 1. The number of nitrogens with one attached hydrogen (secondary N) is 1. The predicted octanol–water partition coefficient (Wildman–Crippen LogP) is 2.27. The monoisotopic (exact) mass is 307 g/mol. The number of fused-ring (bicyclic) bond motifs is 1. The quantitative estimate of drug-likeness (QED) is 0.898. The summed E-state index contributed by atoms with van der Waals surface area (Å²) in [4.78, 5) is 23.3. The Bertz CT molecular complexity index is 604. The lowest BCUT2D eigenvalue weighted by molar-refractivity contribution is -0.153. The molecule has 2 aliphatic rings. The van der Waals surface area contributed by atoms with Crippen LogP contribution in [0, 0.1) is 17.7 Å². The highest BCUT2D eigenvalue weighted by atomic mass is 19.1. The average molecular weight is 307 g/mol. The minimum Gasteiger partial charge on any atom is -0.493 e. The molecule has 1 amide bonds. The molecular weight excluding hydrogens is 289 g/mol. The van der Waals surface area contributed by atoms with Gasteiger partial charge in [0.1, 0.15) is 11.6 Å². The second kappa shape index (κ2) is 5.94. The zero-order valence-corrected chi connectivity index (χ0v) is 12.0. The summed E-state index contributed by atoms with van der Waals surface area (Å²) in [6.07, 6.45) is 2.51. The molecule has 0 spiro atoms. The van der Waals surface area contributed by atoms with Crippen LogP contribution in [0.3, 0.4) is 0 Å². The lowest BCUT2D eigenvalue weighted by Gasteiger charge is -2.33. The van der Waals surface area contributed by atoms with E-state index in [1.54, 1.807) is 6.07 Å². The van der Waals surface area contributed by atoms with E-state index >= 15 is 0 Å². The molecule has 0 radical (unpaired) electrons. The lowest BCUT2D eigenvalue weighted by atomic mass is 9.73. The number of halogens is 1. The topological polar surface area (TPSA) is 75.6 Å². The van der Waals surface area contributed by atoms with Crippen molar-refractivity contribution < 1.29 is 23.8 Å². The maximum absolute atomic E-state index is 13.5. The Kier molecular flexibility index (Phi) is 4.00. The Hall–Kier alpha value is -2.11. The Morgan fingerprint density at radius 1 is 1.23 bits per heavy atom. The first kappa shape index (κ1) is 14.8. The van der Waals surface area contributed by atoms with Crippen molar-refractivity contribution in [3.8, 4) is 5.75 Å². The minimum atomic E-state index is -0.929. The van der Waals surface area contributed by atoms with Gasteiger partial charge in [0, 0.05) is 5.56 Å². The van der Waals surface area contributed by atoms with Gasteiger partial charge in [-0.3, -0.25) is 9.59 Å². The third-order valence-corrected chi connectivity index (χ3v) is 4.49.